The van der Waals surface area contributed by atoms with Crippen molar-refractivity contribution in [2.24, 2.45) is 0 Å². The first-order valence-electron chi connectivity index (χ1n) is 5.10. The van der Waals surface area contributed by atoms with E-state index in [1.807, 2.05) is 0 Å². The molecule has 0 atom stereocenters. The summed E-state index contributed by atoms with van der Waals surface area (Å²) in [5.41, 5.74) is 5.57. The van der Waals surface area contributed by atoms with Crippen molar-refractivity contribution in [3.05, 3.63) is 11.6 Å². The molecule has 0 spiro atoms. The van der Waals surface area contributed by atoms with Crippen LogP contribution in [0.25, 0.3) is 0 Å². The van der Waals surface area contributed by atoms with Crippen LogP contribution in [0.1, 0.15) is 29.7 Å². The second-order valence-electron chi connectivity index (χ2n) is 3.14. The molecule has 0 aliphatic heterocycles. The number of aryl methyl sites for hydroxylation is 1. The Kier molecular flexibility index (Phi) is 4.78. The summed E-state index contributed by atoms with van der Waals surface area (Å²) in [5, 5.41) is 0. The lowest BCUT2D eigenvalue weighted by Crippen LogP contribution is -2.07. The molecule has 0 radical (unpaired) electrons. The lowest BCUT2D eigenvalue weighted by atomic mass is 10.3. The second-order valence-corrected chi connectivity index (χ2v) is 3.14. The molecule has 16 heavy (non-hydrogen) atoms. The number of anilines is 1. The van der Waals surface area contributed by atoms with Gasteiger partial charge in [0, 0.05) is 20.1 Å². The van der Waals surface area contributed by atoms with Crippen LogP contribution >= 0.6 is 0 Å². The molecule has 0 fully saturated rings. The minimum atomic E-state index is -0.554. The highest BCUT2D eigenvalue weighted by atomic mass is 16.5. The van der Waals surface area contributed by atoms with Gasteiger partial charge in [0.1, 0.15) is 0 Å². The number of hydrogen-bond donors (Lipinski definition) is 1. The van der Waals surface area contributed by atoms with Crippen LogP contribution in [-0.4, -0.2) is 31.3 Å². The molecular weight excluding hydrogens is 212 g/mol. The number of carbonyl (C=O) groups excluding carboxylic acids is 1. The SMILES string of the molecule is CCOC(=O)c1nc(CCCOC)oc1N. The van der Waals surface area contributed by atoms with E-state index in [2.05, 4.69) is 4.98 Å². The van der Waals surface area contributed by atoms with Crippen molar-refractivity contribution in [2.75, 3.05) is 26.1 Å². The number of nitrogens with two attached hydrogens (primary N) is 1. The third-order valence-electron chi connectivity index (χ3n) is 1.91. The minimum absolute atomic E-state index is 0.00543. The summed E-state index contributed by atoms with van der Waals surface area (Å²) >= 11 is 0. The number of oxazole rings is 1. The zero-order valence-electron chi connectivity index (χ0n) is 9.49. The Labute approximate surface area is 93.7 Å². The quantitative estimate of drug-likeness (QED) is 0.577. The third-order valence-corrected chi connectivity index (χ3v) is 1.91. The molecule has 1 heterocycles. The van der Waals surface area contributed by atoms with Crippen LogP contribution in [-0.2, 0) is 15.9 Å². The first-order valence-corrected chi connectivity index (χ1v) is 5.10. The van der Waals surface area contributed by atoms with Crippen molar-refractivity contribution in [1.82, 2.24) is 4.98 Å². The monoisotopic (exact) mass is 228 g/mol. The minimum Gasteiger partial charge on any atom is -0.461 e. The third kappa shape index (κ3) is 3.23. The van der Waals surface area contributed by atoms with Gasteiger partial charge < -0.3 is 19.6 Å². The van der Waals surface area contributed by atoms with E-state index in [1.54, 1.807) is 14.0 Å². The van der Waals surface area contributed by atoms with Crippen LogP contribution in [0.3, 0.4) is 0 Å². The fraction of sp³-hybridized carbons (Fsp3) is 0.600. The lowest BCUT2D eigenvalue weighted by molar-refractivity contribution is 0.0521. The molecule has 0 aliphatic carbocycles. The molecule has 0 amide bonds. The van der Waals surface area contributed by atoms with Crippen LogP contribution in [0.5, 0.6) is 0 Å². The number of ether oxygens (including phenoxy) is 2. The smallest absolute Gasteiger partial charge is 0.362 e. The molecular formula is C10H16N2O4. The van der Waals surface area contributed by atoms with Gasteiger partial charge in [-0.05, 0) is 13.3 Å². The second kappa shape index (κ2) is 6.12. The molecule has 0 saturated heterocycles. The molecule has 0 unspecified atom stereocenters. The van der Waals surface area contributed by atoms with Gasteiger partial charge in [0.2, 0.25) is 11.6 Å². The van der Waals surface area contributed by atoms with Gasteiger partial charge in [-0.25, -0.2) is 9.78 Å². The largest absolute Gasteiger partial charge is 0.461 e. The Morgan fingerprint density at radius 3 is 2.94 bits per heavy atom. The molecule has 6 heteroatoms. The summed E-state index contributed by atoms with van der Waals surface area (Å²) in [5.74, 6) is -0.120. The summed E-state index contributed by atoms with van der Waals surface area (Å²) in [6, 6.07) is 0. The van der Waals surface area contributed by atoms with Gasteiger partial charge in [0.25, 0.3) is 0 Å². The summed E-state index contributed by atoms with van der Waals surface area (Å²) in [6.07, 6.45) is 1.34. The number of nitrogens with zero attached hydrogens (tertiary/aromatic N) is 1. The van der Waals surface area contributed by atoms with E-state index in [0.717, 1.165) is 6.42 Å². The van der Waals surface area contributed by atoms with Crippen molar-refractivity contribution >= 4 is 11.9 Å². The van der Waals surface area contributed by atoms with Gasteiger partial charge in [-0.1, -0.05) is 0 Å². The zero-order chi connectivity index (χ0) is 12.0. The number of carbonyl (C=O) groups is 1. The Balaban J connectivity index is 2.62. The van der Waals surface area contributed by atoms with Gasteiger partial charge in [-0.3, -0.25) is 0 Å². The van der Waals surface area contributed by atoms with Gasteiger partial charge in [-0.15, -0.1) is 0 Å². The average molecular weight is 228 g/mol. The number of methoxy groups -OCH3 is 1. The van der Waals surface area contributed by atoms with Crippen LogP contribution < -0.4 is 5.73 Å². The predicted octanol–water partition coefficient (Wildman–Crippen LogP) is 1.01. The summed E-state index contributed by atoms with van der Waals surface area (Å²) < 4.78 is 14.8. The first-order chi connectivity index (χ1) is 7.69. The van der Waals surface area contributed by atoms with E-state index < -0.39 is 5.97 Å². The van der Waals surface area contributed by atoms with Crippen molar-refractivity contribution in [3.8, 4) is 0 Å². The Hall–Kier alpha value is -1.56. The molecule has 0 saturated carbocycles. The molecule has 2 N–H and O–H groups in total. The van der Waals surface area contributed by atoms with E-state index in [1.165, 1.54) is 0 Å². The molecule has 1 aromatic rings. The molecule has 0 aromatic carbocycles. The maximum Gasteiger partial charge on any atom is 0.362 e. The lowest BCUT2D eigenvalue weighted by Gasteiger charge is -1.96. The van der Waals surface area contributed by atoms with Gasteiger partial charge in [0.05, 0.1) is 6.61 Å². The summed E-state index contributed by atoms with van der Waals surface area (Å²) in [7, 11) is 1.62. The standard InChI is InChI=1S/C10H16N2O4/c1-3-15-10(13)8-9(11)16-7(12-8)5-4-6-14-2/h3-6,11H2,1-2H3. The van der Waals surface area contributed by atoms with Crippen LogP contribution in [0.4, 0.5) is 5.88 Å². The molecule has 0 aliphatic rings. The van der Waals surface area contributed by atoms with E-state index in [9.17, 15) is 4.79 Å². The van der Waals surface area contributed by atoms with Gasteiger partial charge >= 0.3 is 5.97 Å². The van der Waals surface area contributed by atoms with Crippen molar-refractivity contribution in [2.45, 2.75) is 19.8 Å². The van der Waals surface area contributed by atoms with Gasteiger partial charge in [-0.2, -0.15) is 0 Å². The Bertz CT molecular complexity index is 349. The maximum absolute atomic E-state index is 11.4. The normalized spacial score (nSPS) is 10.4. The number of hydrogen-bond acceptors (Lipinski definition) is 6. The highest BCUT2D eigenvalue weighted by Gasteiger charge is 2.18. The molecule has 6 nitrogen and oxygen atoms in total. The predicted molar refractivity (Wildman–Crippen MR) is 57.1 cm³/mol. The Morgan fingerprint density at radius 2 is 2.31 bits per heavy atom. The van der Waals surface area contributed by atoms with E-state index >= 15 is 0 Å². The molecule has 90 valence electrons. The fourth-order valence-electron chi connectivity index (χ4n) is 1.20. The summed E-state index contributed by atoms with van der Waals surface area (Å²) in [4.78, 5) is 15.3. The molecule has 0 bridgehead atoms. The maximum atomic E-state index is 11.4. The topological polar surface area (TPSA) is 87.6 Å². The van der Waals surface area contributed by atoms with Crippen molar-refractivity contribution < 1.29 is 18.7 Å². The fourth-order valence-corrected chi connectivity index (χ4v) is 1.20. The van der Waals surface area contributed by atoms with Crippen LogP contribution in [0.15, 0.2) is 4.42 Å². The number of nitrogen functional groups attached to an aromatic ring is 1. The van der Waals surface area contributed by atoms with Crippen LogP contribution in [0.2, 0.25) is 0 Å². The first kappa shape index (κ1) is 12.5. The van der Waals surface area contributed by atoms with Crippen molar-refractivity contribution in [1.29, 1.82) is 0 Å². The Morgan fingerprint density at radius 1 is 1.56 bits per heavy atom. The number of rotatable bonds is 6. The highest BCUT2D eigenvalue weighted by molar-refractivity contribution is 5.91. The van der Waals surface area contributed by atoms with Crippen molar-refractivity contribution in [3.63, 3.8) is 0 Å². The van der Waals surface area contributed by atoms with E-state index in [4.69, 9.17) is 19.6 Å². The van der Waals surface area contributed by atoms with Crippen LogP contribution in [0, 0.1) is 0 Å². The molecule has 1 rings (SSSR count). The van der Waals surface area contributed by atoms with Gasteiger partial charge in [0.15, 0.2) is 5.89 Å². The van der Waals surface area contributed by atoms with E-state index in [-0.39, 0.29) is 18.2 Å². The molecule has 1 aromatic heterocycles. The average Bonchev–Trinajstić information content (AvgIpc) is 2.61. The zero-order valence-corrected chi connectivity index (χ0v) is 9.49. The van der Waals surface area contributed by atoms with E-state index in [0.29, 0.717) is 18.9 Å². The number of esters is 1. The highest BCUT2D eigenvalue weighted by Crippen LogP contribution is 2.15. The summed E-state index contributed by atoms with van der Waals surface area (Å²) in [6.45, 7) is 2.61. The number of aromatic nitrogens is 1.